The molecule has 1 aliphatic carbocycles. The maximum absolute atomic E-state index is 8.79. The Hall–Kier alpha value is -0.120. The highest BCUT2D eigenvalue weighted by atomic mass is 16.3. The van der Waals surface area contributed by atoms with Crippen molar-refractivity contribution in [2.24, 2.45) is 5.92 Å². The van der Waals surface area contributed by atoms with Crippen LogP contribution in [-0.2, 0) is 0 Å². The van der Waals surface area contributed by atoms with E-state index in [9.17, 15) is 0 Å². The van der Waals surface area contributed by atoms with Gasteiger partial charge >= 0.3 is 0 Å². The Morgan fingerprint density at radius 1 is 1.40 bits per heavy atom. The molecule has 15 heavy (non-hydrogen) atoms. The van der Waals surface area contributed by atoms with E-state index in [0.29, 0.717) is 6.04 Å². The molecule has 0 amide bonds. The van der Waals surface area contributed by atoms with E-state index in [1.165, 1.54) is 38.8 Å². The molecule has 0 aromatic rings. The molecule has 0 radical (unpaired) electrons. The van der Waals surface area contributed by atoms with Crippen LogP contribution >= 0.6 is 0 Å². The van der Waals surface area contributed by atoms with Gasteiger partial charge in [0.15, 0.2) is 0 Å². The molecule has 2 aliphatic rings. The van der Waals surface area contributed by atoms with Crippen molar-refractivity contribution < 1.29 is 5.11 Å². The van der Waals surface area contributed by atoms with Gasteiger partial charge in [0.05, 0.1) is 6.61 Å². The summed E-state index contributed by atoms with van der Waals surface area (Å²) in [5.74, 6) is 0.974. The van der Waals surface area contributed by atoms with Gasteiger partial charge in [-0.2, -0.15) is 0 Å². The average molecular weight is 212 g/mol. The Bertz CT molecular complexity index is 194. The summed E-state index contributed by atoms with van der Waals surface area (Å²) in [4.78, 5) is 2.64. The highest BCUT2D eigenvalue weighted by molar-refractivity contribution is 4.89. The minimum Gasteiger partial charge on any atom is -0.395 e. The molecular formula is C12H24N2O. The Labute approximate surface area is 92.8 Å². The van der Waals surface area contributed by atoms with Gasteiger partial charge in [-0.05, 0) is 45.1 Å². The zero-order chi connectivity index (χ0) is 10.7. The predicted octanol–water partition coefficient (Wildman–Crippen LogP) is 0.831. The second-order valence-electron chi connectivity index (χ2n) is 5.09. The number of aliphatic hydroxyl groups excluding tert-OH is 1. The molecule has 3 heteroatoms. The Balaban J connectivity index is 1.75. The first kappa shape index (κ1) is 11.4. The second kappa shape index (κ2) is 5.28. The quantitative estimate of drug-likeness (QED) is 0.708. The topological polar surface area (TPSA) is 35.5 Å². The van der Waals surface area contributed by atoms with Crippen LogP contribution in [0.15, 0.2) is 0 Å². The standard InChI is InChI=1S/C12H24N2O/c1-10(11-4-5-11)14-7-2-3-12(9-14)13-6-8-15/h10-13,15H,2-9H2,1H3. The lowest BCUT2D eigenvalue weighted by Gasteiger charge is -2.37. The summed E-state index contributed by atoms with van der Waals surface area (Å²) in [7, 11) is 0. The molecule has 2 unspecified atom stereocenters. The highest BCUT2D eigenvalue weighted by Crippen LogP contribution is 2.35. The fourth-order valence-corrected chi connectivity index (χ4v) is 2.69. The maximum atomic E-state index is 8.79. The average Bonchev–Trinajstić information content (AvgIpc) is 3.09. The van der Waals surface area contributed by atoms with Crippen LogP contribution in [-0.4, -0.2) is 48.3 Å². The van der Waals surface area contributed by atoms with Crippen molar-refractivity contribution in [3.63, 3.8) is 0 Å². The summed E-state index contributed by atoms with van der Waals surface area (Å²) in [5.41, 5.74) is 0. The third kappa shape index (κ3) is 3.16. The minimum absolute atomic E-state index is 0.259. The molecule has 3 nitrogen and oxygen atoms in total. The zero-order valence-corrected chi connectivity index (χ0v) is 9.78. The van der Waals surface area contributed by atoms with Crippen LogP contribution in [0.1, 0.15) is 32.6 Å². The highest BCUT2D eigenvalue weighted by Gasteiger charge is 2.33. The maximum Gasteiger partial charge on any atom is 0.0556 e. The van der Waals surface area contributed by atoms with E-state index < -0.39 is 0 Å². The van der Waals surface area contributed by atoms with Crippen molar-refractivity contribution in [3.8, 4) is 0 Å². The molecule has 2 fully saturated rings. The Morgan fingerprint density at radius 2 is 2.20 bits per heavy atom. The van der Waals surface area contributed by atoms with Crippen LogP contribution < -0.4 is 5.32 Å². The van der Waals surface area contributed by atoms with Crippen molar-refractivity contribution in [3.05, 3.63) is 0 Å². The number of piperidine rings is 1. The van der Waals surface area contributed by atoms with Gasteiger partial charge in [-0.25, -0.2) is 0 Å². The molecule has 2 atom stereocenters. The van der Waals surface area contributed by atoms with Gasteiger partial charge in [-0.1, -0.05) is 0 Å². The Kier molecular flexibility index (Phi) is 4.00. The molecule has 2 N–H and O–H groups in total. The molecule has 1 saturated heterocycles. The molecule has 0 bridgehead atoms. The van der Waals surface area contributed by atoms with Crippen molar-refractivity contribution in [2.75, 3.05) is 26.2 Å². The summed E-state index contributed by atoms with van der Waals surface area (Å²) in [6.45, 7) is 5.84. The normalized spacial score (nSPS) is 30.4. The number of nitrogens with one attached hydrogen (secondary N) is 1. The fraction of sp³-hybridized carbons (Fsp3) is 1.00. The lowest BCUT2D eigenvalue weighted by Crippen LogP contribution is -2.49. The lowest BCUT2D eigenvalue weighted by molar-refractivity contribution is 0.130. The first-order valence-electron chi connectivity index (χ1n) is 6.39. The van der Waals surface area contributed by atoms with Gasteiger partial charge in [-0.15, -0.1) is 0 Å². The number of aliphatic hydroxyl groups is 1. The molecule has 0 spiro atoms. The van der Waals surface area contributed by atoms with Gasteiger partial charge in [0.25, 0.3) is 0 Å². The smallest absolute Gasteiger partial charge is 0.0556 e. The second-order valence-corrected chi connectivity index (χ2v) is 5.09. The third-order valence-corrected chi connectivity index (χ3v) is 3.88. The van der Waals surface area contributed by atoms with Crippen LogP contribution in [0.3, 0.4) is 0 Å². The molecule has 1 aliphatic heterocycles. The van der Waals surface area contributed by atoms with Crippen molar-refractivity contribution in [1.82, 2.24) is 10.2 Å². The number of hydrogen-bond acceptors (Lipinski definition) is 3. The van der Waals surface area contributed by atoms with Gasteiger partial charge in [0.1, 0.15) is 0 Å². The summed E-state index contributed by atoms with van der Waals surface area (Å²) >= 11 is 0. The third-order valence-electron chi connectivity index (χ3n) is 3.88. The SMILES string of the molecule is CC(C1CC1)N1CCCC(NCCO)C1. The summed E-state index contributed by atoms with van der Waals surface area (Å²) < 4.78 is 0. The number of rotatable bonds is 5. The van der Waals surface area contributed by atoms with E-state index in [2.05, 4.69) is 17.1 Å². The molecule has 1 saturated carbocycles. The molecule has 0 aromatic heterocycles. The summed E-state index contributed by atoms with van der Waals surface area (Å²) in [6, 6.07) is 1.39. The summed E-state index contributed by atoms with van der Waals surface area (Å²) in [5, 5.41) is 12.2. The summed E-state index contributed by atoms with van der Waals surface area (Å²) in [6.07, 6.45) is 5.45. The molecular weight excluding hydrogens is 188 g/mol. The van der Waals surface area contributed by atoms with E-state index >= 15 is 0 Å². The largest absolute Gasteiger partial charge is 0.395 e. The van der Waals surface area contributed by atoms with E-state index in [1.807, 2.05) is 0 Å². The molecule has 88 valence electrons. The molecule has 0 aromatic carbocycles. The first-order valence-corrected chi connectivity index (χ1v) is 6.39. The molecule has 1 heterocycles. The Morgan fingerprint density at radius 3 is 2.87 bits per heavy atom. The zero-order valence-electron chi connectivity index (χ0n) is 9.78. The number of likely N-dealkylation sites (tertiary alicyclic amines) is 1. The van der Waals surface area contributed by atoms with Gasteiger partial charge in [-0.3, -0.25) is 4.90 Å². The fourth-order valence-electron chi connectivity index (χ4n) is 2.69. The van der Waals surface area contributed by atoms with Crippen LogP contribution in [0.5, 0.6) is 0 Å². The van der Waals surface area contributed by atoms with Crippen LogP contribution in [0.25, 0.3) is 0 Å². The van der Waals surface area contributed by atoms with E-state index in [1.54, 1.807) is 0 Å². The monoisotopic (exact) mass is 212 g/mol. The van der Waals surface area contributed by atoms with Gasteiger partial charge < -0.3 is 10.4 Å². The lowest BCUT2D eigenvalue weighted by atomic mass is 10.0. The number of nitrogens with zero attached hydrogens (tertiary/aromatic N) is 1. The van der Waals surface area contributed by atoms with Crippen molar-refractivity contribution >= 4 is 0 Å². The van der Waals surface area contributed by atoms with Gasteiger partial charge in [0.2, 0.25) is 0 Å². The predicted molar refractivity (Wildman–Crippen MR) is 61.9 cm³/mol. The number of hydrogen-bond donors (Lipinski definition) is 2. The van der Waals surface area contributed by atoms with Crippen molar-refractivity contribution in [2.45, 2.75) is 44.7 Å². The first-order chi connectivity index (χ1) is 7.31. The van der Waals surface area contributed by atoms with E-state index in [4.69, 9.17) is 5.11 Å². The van der Waals surface area contributed by atoms with Crippen LogP contribution in [0.4, 0.5) is 0 Å². The van der Waals surface area contributed by atoms with E-state index in [0.717, 1.165) is 18.5 Å². The van der Waals surface area contributed by atoms with Crippen LogP contribution in [0.2, 0.25) is 0 Å². The van der Waals surface area contributed by atoms with Gasteiger partial charge in [0, 0.05) is 25.2 Å². The van der Waals surface area contributed by atoms with E-state index in [-0.39, 0.29) is 6.61 Å². The molecule has 2 rings (SSSR count). The minimum atomic E-state index is 0.259. The van der Waals surface area contributed by atoms with Crippen LogP contribution in [0, 0.1) is 5.92 Å². The van der Waals surface area contributed by atoms with Crippen molar-refractivity contribution in [1.29, 1.82) is 0 Å².